The van der Waals surface area contributed by atoms with Crippen molar-refractivity contribution in [3.8, 4) is 0 Å². The summed E-state index contributed by atoms with van der Waals surface area (Å²) < 4.78 is 44.4. The van der Waals surface area contributed by atoms with Gasteiger partial charge in [-0.3, -0.25) is 0 Å². The minimum Gasteiger partial charge on any atom is -0.225 e. The van der Waals surface area contributed by atoms with Crippen molar-refractivity contribution in [1.82, 2.24) is 0 Å². The lowest BCUT2D eigenvalue weighted by Gasteiger charge is -1.99. The van der Waals surface area contributed by atoms with Crippen LogP contribution in [-0.4, -0.2) is 16.8 Å². The van der Waals surface area contributed by atoms with E-state index in [1.54, 1.807) is 0 Å². The summed E-state index contributed by atoms with van der Waals surface area (Å²) in [6.45, 7) is 0. The molecule has 22 heavy (non-hydrogen) atoms. The lowest BCUT2D eigenvalue weighted by atomic mass is 10.3. The summed E-state index contributed by atoms with van der Waals surface area (Å²) in [5, 5.41) is 17.8. The third-order valence-electron chi connectivity index (χ3n) is 2.61. The molecule has 0 heterocycles. The van der Waals surface area contributed by atoms with Crippen molar-refractivity contribution in [1.29, 1.82) is 0 Å². The summed E-state index contributed by atoms with van der Waals surface area (Å²) in [4.78, 5) is -0.0482. The number of azo groups is 1. The second-order valence-corrected chi connectivity index (χ2v) is 7.40. The molecule has 2 rings (SSSR count). The zero-order valence-corrected chi connectivity index (χ0v) is 12.8. The van der Waals surface area contributed by atoms with Gasteiger partial charge in [-0.1, -0.05) is 0 Å². The number of primary sulfonamides is 2. The molecule has 0 unspecified atom stereocenters. The van der Waals surface area contributed by atoms with Crippen LogP contribution in [0.2, 0.25) is 0 Å². The highest BCUT2D eigenvalue weighted by Gasteiger charge is 2.07. The van der Waals surface area contributed by atoms with Crippen LogP contribution in [-0.2, 0) is 20.0 Å². The topological polar surface area (TPSA) is 145 Å². The van der Waals surface area contributed by atoms with E-state index < -0.39 is 20.0 Å². The third kappa shape index (κ3) is 4.18. The highest BCUT2D eigenvalue weighted by molar-refractivity contribution is 7.89. The fourth-order valence-corrected chi connectivity index (χ4v) is 2.55. The molecule has 0 atom stereocenters. The summed E-state index contributed by atoms with van der Waals surface area (Å²) in [7, 11) is -7.49. The minimum atomic E-state index is -3.75. The molecule has 0 saturated carbocycles. The summed E-state index contributed by atoms with van der Waals surface area (Å²) in [5.74, 6) is 0. The standard InChI is InChI=1S/C12H12N4O4S2/c13-21(17,18)11-5-1-9(2-6-11)15-16-10-3-7-12(8-4-10)22(14,19)20/h1-8H,(H2,13,17,18)(H2,14,19,20). The Kier molecular flexibility index (Phi) is 4.37. The number of nitrogens with zero attached hydrogens (tertiary/aromatic N) is 2. The maximum absolute atomic E-state index is 11.1. The Hall–Kier alpha value is -2.14. The van der Waals surface area contributed by atoms with Crippen LogP contribution in [0.3, 0.4) is 0 Å². The van der Waals surface area contributed by atoms with Gasteiger partial charge in [-0.05, 0) is 48.5 Å². The van der Waals surface area contributed by atoms with Crippen molar-refractivity contribution >= 4 is 31.4 Å². The Morgan fingerprint density at radius 1 is 0.591 bits per heavy atom. The van der Waals surface area contributed by atoms with E-state index >= 15 is 0 Å². The van der Waals surface area contributed by atoms with E-state index in [1.165, 1.54) is 48.5 Å². The van der Waals surface area contributed by atoms with Crippen molar-refractivity contribution in [3.63, 3.8) is 0 Å². The van der Waals surface area contributed by atoms with Crippen LogP contribution in [0.15, 0.2) is 68.6 Å². The van der Waals surface area contributed by atoms with Crippen molar-refractivity contribution < 1.29 is 16.8 Å². The van der Waals surface area contributed by atoms with Gasteiger partial charge in [0.1, 0.15) is 0 Å². The molecule has 0 amide bonds. The summed E-state index contributed by atoms with van der Waals surface area (Å²) in [6, 6.07) is 11.0. The zero-order chi connectivity index (χ0) is 16.4. The molecule has 0 fully saturated rings. The highest BCUT2D eigenvalue weighted by atomic mass is 32.2. The molecule has 0 radical (unpaired) electrons. The van der Waals surface area contributed by atoms with Crippen LogP contribution in [0.25, 0.3) is 0 Å². The molecule has 0 bridgehead atoms. The van der Waals surface area contributed by atoms with Gasteiger partial charge in [0.05, 0.1) is 21.2 Å². The number of benzene rings is 2. The maximum atomic E-state index is 11.1. The third-order valence-corrected chi connectivity index (χ3v) is 4.47. The Bertz CT molecular complexity index is 825. The van der Waals surface area contributed by atoms with Gasteiger partial charge >= 0.3 is 0 Å². The van der Waals surface area contributed by atoms with Gasteiger partial charge < -0.3 is 0 Å². The number of hydrogen-bond acceptors (Lipinski definition) is 6. The van der Waals surface area contributed by atoms with Crippen molar-refractivity contribution in [3.05, 3.63) is 48.5 Å². The highest BCUT2D eigenvalue weighted by Crippen LogP contribution is 2.21. The van der Waals surface area contributed by atoms with Gasteiger partial charge in [0.25, 0.3) is 0 Å². The fourth-order valence-electron chi connectivity index (χ4n) is 1.52. The molecule has 0 saturated heterocycles. The maximum Gasteiger partial charge on any atom is 0.238 e. The molecule has 0 aliphatic carbocycles. The predicted molar refractivity (Wildman–Crippen MR) is 79.8 cm³/mol. The van der Waals surface area contributed by atoms with Crippen molar-refractivity contribution in [2.45, 2.75) is 9.79 Å². The lowest BCUT2D eigenvalue weighted by molar-refractivity contribution is 0.596. The van der Waals surface area contributed by atoms with Crippen LogP contribution < -0.4 is 10.3 Å². The average Bonchev–Trinajstić information content (AvgIpc) is 2.44. The molecular weight excluding hydrogens is 328 g/mol. The smallest absolute Gasteiger partial charge is 0.225 e. The van der Waals surface area contributed by atoms with E-state index in [-0.39, 0.29) is 9.79 Å². The summed E-state index contributed by atoms with van der Waals surface area (Å²) in [6.07, 6.45) is 0. The van der Waals surface area contributed by atoms with Gasteiger partial charge in [-0.15, -0.1) is 0 Å². The number of rotatable bonds is 4. The number of hydrogen-bond donors (Lipinski definition) is 2. The Balaban J connectivity index is 2.18. The van der Waals surface area contributed by atoms with E-state index in [2.05, 4.69) is 10.2 Å². The number of sulfonamides is 2. The molecule has 2 aromatic rings. The Morgan fingerprint density at radius 3 is 1.09 bits per heavy atom. The quantitative estimate of drug-likeness (QED) is 0.810. The largest absolute Gasteiger partial charge is 0.238 e. The first-order valence-corrected chi connectivity index (χ1v) is 8.93. The second kappa shape index (κ2) is 5.93. The Morgan fingerprint density at radius 2 is 0.864 bits per heavy atom. The molecule has 10 heteroatoms. The molecule has 0 aromatic heterocycles. The molecule has 0 aliphatic rings. The van der Waals surface area contributed by atoms with E-state index in [0.717, 1.165) is 0 Å². The van der Waals surface area contributed by atoms with Crippen LogP contribution in [0.1, 0.15) is 0 Å². The molecule has 8 nitrogen and oxygen atoms in total. The molecule has 0 aliphatic heterocycles. The van der Waals surface area contributed by atoms with E-state index in [9.17, 15) is 16.8 Å². The molecule has 116 valence electrons. The van der Waals surface area contributed by atoms with Crippen LogP contribution in [0.4, 0.5) is 11.4 Å². The first kappa shape index (κ1) is 16.2. The van der Waals surface area contributed by atoms with Crippen LogP contribution in [0.5, 0.6) is 0 Å². The van der Waals surface area contributed by atoms with E-state index in [4.69, 9.17) is 10.3 Å². The van der Waals surface area contributed by atoms with Crippen LogP contribution >= 0.6 is 0 Å². The predicted octanol–water partition coefficient (Wildman–Crippen LogP) is 1.40. The second-order valence-electron chi connectivity index (χ2n) is 4.28. The normalized spacial score (nSPS) is 12.6. The van der Waals surface area contributed by atoms with Gasteiger partial charge in [-0.25, -0.2) is 27.1 Å². The minimum absolute atomic E-state index is 0.0241. The fraction of sp³-hybridized carbons (Fsp3) is 0. The molecule has 2 aromatic carbocycles. The molecular formula is C12H12N4O4S2. The average molecular weight is 340 g/mol. The SMILES string of the molecule is NS(=O)(=O)c1ccc(N=Nc2ccc(S(N)(=O)=O)cc2)cc1. The number of nitrogens with two attached hydrogens (primary N) is 2. The first-order chi connectivity index (χ1) is 10.2. The molecule has 4 N–H and O–H groups in total. The van der Waals surface area contributed by atoms with Gasteiger partial charge in [0, 0.05) is 0 Å². The van der Waals surface area contributed by atoms with Crippen molar-refractivity contribution in [2.24, 2.45) is 20.5 Å². The summed E-state index contributed by atoms with van der Waals surface area (Å²) >= 11 is 0. The van der Waals surface area contributed by atoms with E-state index in [1.807, 2.05) is 0 Å². The first-order valence-electron chi connectivity index (χ1n) is 5.84. The van der Waals surface area contributed by atoms with Gasteiger partial charge in [0.2, 0.25) is 20.0 Å². The monoisotopic (exact) mass is 340 g/mol. The van der Waals surface area contributed by atoms with Crippen LogP contribution in [0, 0.1) is 0 Å². The summed E-state index contributed by atoms with van der Waals surface area (Å²) in [5.41, 5.74) is 0.839. The molecule has 0 spiro atoms. The Labute approximate surface area is 127 Å². The van der Waals surface area contributed by atoms with E-state index in [0.29, 0.717) is 11.4 Å². The lowest BCUT2D eigenvalue weighted by Crippen LogP contribution is -2.11. The van der Waals surface area contributed by atoms with Gasteiger partial charge in [-0.2, -0.15) is 10.2 Å². The van der Waals surface area contributed by atoms with Crippen molar-refractivity contribution in [2.75, 3.05) is 0 Å². The van der Waals surface area contributed by atoms with Gasteiger partial charge in [0.15, 0.2) is 0 Å². The zero-order valence-electron chi connectivity index (χ0n) is 11.1.